The van der Waals surface area contributed by atoms with Crippen molar-refractivity contribution in [3.8, 4) is 0 Å². The van der Waals surface area contributed by atoms with E-state index in [1.54, 1.807) is 39.0 Å². The van der Waals surface area contributed by atoms with Crippen molar-refractivity contribution in [2.45, 2.75) is 101 Å². The number of carbonyl (C=O) groups is 5. The number of rotatable bonds is 4. The van der Waals surface area contributed by atoms with Crippen molar-refractivity contribution in [3.05, 3.63) is 34.9 Å². The fourth-order valence-electron chi connectivity index (χ4n) is 5.88. The second-order valence-corrected chi connectivity index (χ2v) is 13.5. The first kappa shape index (κ1) is 35.1. The van der Waals surface area contributed by atoms with Crippen LogP contribution < -0.4 is 16.0 Å². The molecule has 2 fully saturated rings. The lowest BCUT2D eigenvalue weighted by atomic mass is 9.91. The Kier molecular flexibility index (Phi) is 11.7. The predicted molar refractivity (Wildman–Crippen MR) is 169 cm³/mol. The minimum Gasteiger partial charge on any atom is -0.444 e. The Morgan fingerprint density at radius 3 is 2.59 bits per heavy atom. The van der Waals surface area contributed by atoms with Crippen LogP contribution in [-0.2, 0) is 33.5 Å². The Morgan fingerprint density at radius 2 is 1.87 bits per heavy atom. The highest BCUT2D eigenvalue weighted by molar-refractivity contribution is 6.38. The Bertz CT molecular complexity index is 1350. The van der Waals surface area contributed by atoms with Crippen LogP contribution >= 0.6 is 11.6 Å². The number of benzene rings is 1. The highest BCUT2D eigenvalue weighted by atomic mass is 35.5. The van der Waals surface area contributed by atoms with Gasteiger partial charge in [0.1, 0.15) is 17.7 Å². The smallest absolute Gasteiger partial charge is 0.408 e. The third-order valence-corrected chi connectivity index (χ3v) is 8.36. The van der Waals surface area contributed by atoms with Gasteiger partial charge in [-0.2, -0.15) is 0 Å². The fourth-order valence-corrected chi connectivity index (χ4v) is 6.07. The third kappa shape index (κ3) is 9.18. The summed E-state index contributed by atoms with van der Waals surface area (Å²) in [5, 5.41) is 12.5. The predicted octanol–water partition coefficient (Wildman–Crippen LogP) is 2.87. The SMILES string of the molecule is CNC(=O)C(=O)[C@@H]1CCCCCCCOC[C@H](NC(=O)OC(C)(C)C)C(=O)N2C[C@@]3(CC(c4cccc(Cl)c4)=NO3)C[C@H]2C(=O)N1. The quantitative estimate of drug-likeness (QED) is 0.415. The van der Waals surface area contributed by atoms with Crippen LogP contribution in [-0.4, -0.2) is 96.3 Å². The van der Waals surface area contributed by atoms with E-state index in [4.69, 9.17) is 25.9 Å². The number of likely N-dealkylation sites (N-methyl/N-ethyl adjacent to an activating group) is 1. The number of halogens is 1. The van der Waals surface area contributed by atoms with Crippen molar-refractivity contribution in [2.24, 2.45) is 5.16 Å². The number of nitrogens with zero attached hydrogens (tertiary/aromatic N) is 2. The van der Waals surface area contributed by atoms with Gasteiger partial charge in [-0.05, 0) is 45.7 Å². The normalized spacial score (nSPS) is 26.4. The molecule has 3 aliphatic heterocycles. The molecule has 3 heterocycles. The van der Waals surface area contributed by atoms with Gasteiger partial charge >= 0.3 is 6.09 Å². The molecular weight excluding hydrogens is 618 g/mol. The number of alkyl carbamates (subject to hydrolysis) is 1. The van der Waals surface area contributed by atoms with Gasteiger partial charge in [-0.1, -0.05) is 54.6 Å². The van der Waals surface area contributed by atoms with Crippen molar-refractivity contribution in [2.75, 3.05) is 26.8 Å². The van der Waals surface area contributed by atoms with Crippen LogP contribution in [0.4, 0.5) is 4.79 Å². The lowest BCUT2D eigenvalue weighted by molar-refractivity contribution is -0.143. The molecular formula is C32H44ClN5O8. The highest BCUT2D eigenvalue weighted by Gasteiger charge is 2.55. The largest absolute Gasteiger partial charge is 0.444 e. The molecule has 1 spiro atoms. The average molecular weight is 662 g/mol. The Morgan fingerprint density at radius 1 is 1.13 bits per heavy atom. The number of nitrogens with one attached hydrogen (secondary N) is 3. The second-order valence-electron chi connectivity index (χ2n) is 13.0. The molecule has 3 N–H and O–H groups in total. The number of carbonyl (C=O) groups excluding carboxylic acids is 5. The zero-order valence-electron chi connectivity index (χ0n) is 26.9. The summed E-state index contributed by atoms with van der Waals surface area (Å²) in [6, 6.07) is 3.78. The minimum atomic E-state index is -1.17. The molecule has 14 heteroatoms. The van der Waals surface area contributed by atoms with Gasteiger partial charge in [-0.3, -0.25) is 19.2 Å². The number of oxime groups is 1. The fraction of sp³-hybridized carbons (Fsp3) is 0.625. The van der Waals surface area contributed by atoms with Gasteiger partial charge in [0.25, 0.3) is 5.91 Å². The van der Waals surface area contributed by atoms with E-state index in [0.717, 1.165) is 31.2 Å². The van der Waals surface area contributed by atoms with E-state index in [-0.39, 0.29) is 32.4 Å². The molecule has 0 unspecified atom stereocenters. The number of ketones is 1. The summed E-state index contributed by atoms with van der Waals surface area (Å²) in [6.45, 7) is 5.32. The Hall–Kier alpha value is -3.71. The number of amides is 4. The molecule has 0 aromatic heterocycles. The van der Waals surface area contributed by atoms with E-state index in [2.05, 4.69) is 21.1 Å². The zero-order valence-corrected chi connectivity index (χ0v) is 27.6. The van der Waals surface area contributed by atoms with Crippen LogP contribution in [0.5, 0.6) is 0 Å². The summed E-state index contributed by atoms with van der Waals surface area (Å²) in [6.07, 6.45) is 3.65. The number of ether oxygens (including phenoxy) is 2. The molecule has 0 saturated carbocycles. The lowest BCUT2D eigenvalue weighted by Crippen LogP contribution is -2.57. The number of hydrogen-bond acceptors (Lipinski definition) is 9. The monoisotopic (exact) mass is 661 g/mol. The first-order valence-electron chi connectivity index (χ1n) is 15.8. The van der Waals surface area contributed by atoms with E-state index in [9.17, 15) is 24.0 Å². The molecule has 1 aromatic carbocycles. The van der Waals surface area contributed by atoms with Crippen molar-refractivity contribution in [1.82, 2.24) is 20.9 Å². The molecule has 0 aliphatic carbocycles. The van der Waals surface area contributed by atoms with Crippen LogP contribution in [0.15, 0.2) is 29.4 Å². The second kappa shape index (κ2) is 15.3. The third-order valence-electron chi connectivity index (χ3n) is 8.12. The van der Waals surface area contributed by atoms with Crippen LogP contribution in [0, 0.1) is 0 Å². The molecule has 46 heavy (non-hydrogen) atoms. The van der Waals surface area contributed by atoms with Crippen LogP contribution in [0.25, 0.3) is 0 Å². The standard InChI is InChI=1S/C32H44ClN5O8/c1-31(2,3)45-30(43)36-24-18-44-14-9-7-5-6-8-13-22(26(39)28(41)34-4)35-27(40)25-17-32(19-38(25)29(24)42)16-23(37-46-32)20-11-10-12-21(33)15-20/h10-12,15,22,24-25H,5-9,13-14,16-19H2,1-4H3,(H,34,41)(H,35,40)(H,36,43)/t22-,24-,25-,32+/m0/s1. The van der Waals surface area contributed by atoms with Crippen molar-refractivity contribution >= 4 is 46.9 Å². The van der Waals surface area contributed by atoms with E-state index >= 15 is 0 Å². The van der Waals surface area contributed by atoms with Gasteiger partial charge in [0.05, 0.1) is 24.9 Å². The average Bonchev–Trinajstić information content (AvgIpc) is 3.60. The van der Waals surface area contributed by atoms with Crippen LogP contribution in [0.3, 0.4) is 0 Å². The molecule has 2 saturated heterocycles. The van der Waals surface area contributed by atoms with E-state index in [1.165, 1.54) is 11.9 Å². The van der Waals surface area contributed by atoms with E-state index in [0.29, 0.717) is 23.8 Å². The minimum absolute atomic E-state index is 0.0297. The van der Waals surface area contributed by atoms with Gasteiger partial charge in [0.2, 0.25) is 17.6 Å². The van der Waals surface area contributed by atoms with Crippen molar-refractivity contribution in [3.63, 3.8) is 0 Å². The maximum Gasteiger partial charge on any atom is 0.408 e. The van der Waals surface area contributed by atoms with Crippen LogP contribution in [0.1, 0.15) is 77.7 Å². The summed E-state index contributed by atoms with van der Waals surface area (Å²) in [5.41, 5.74) is -0.524. The molecule has 13 nitrogen and oxygen atoms in total. The summed E-state index contributed by atoms with van der Waals surface area (Å²) < 4.78 is 11.3. The lowest BCUT2D eigenvalue weighted by Gasteiger charge is -2.30. The number of hydrogen-bond donors (Lipinski definition) is 3. The number of fused-ring (bicyclic) bond motifs is 1. The van der Waals surface area contributed by atoms with Crippen molar-refractivity contribution in [1.29, 1.82) is 0 Å². The first-order valence-corrected chi connectivity index (χ1v) is 16.1. The molecule has 3 aliphatic rings. The van der Waals surface area contributed by atoms with Crippen LogP contribution in [0.2, 0.25) is 5.02 Å². The first-order chi connectivity index (χ1) is 21.8. The summed E-state index contributed by atoms with van der Waals surface area (Å²) in [5.74, 6) is -2.77. The molecule has 1 aromatic rings. The maximum absolute atomic E-state index is 14.2. The molecule has 252 valence electrons. The molecule has 4 atom stereocenters. The Labute approximate surface area is 274 Å². The molecule has 0 bridgehead atoms. The van der Waals surface area contributed by atoms with Crippen molar-refractivity contribution < 1.29 is 38.3 Å². The van der Waals surface area contributed by atoms with E-state index < -0.39 is 58.9 Å². The van der Waals surface area contributed by atoms with Gasteiger partial charge in [-0.15, -0.1) is 0 Å². The molecule has 4 rings (SSSR count). The Balaban J connectivity index is 1.65. The summed E-state index contributed by atoms with van der Waals surface area (Å²) in [4.78, 5) is 73.6. The highest BCUT2D eigenvalue weighted by Crippen LogP contribution is 2.39. The van der Waals surface area contributed by atoms with Gasteiger partial charge in [0.15, 0.2) is 5.60 Å². The van der Waals surface area contributed by atoms with E-state index in [1.807, 2.05) is 6.07 Å². The molecule has 4 amide bonds. The molecule has 0 radical (unpaired) electrons. The number of Topliss-reactive ketones (excluding diaryl/α,β-unsaturated/α-hetero) is 1. The summed E-state index contributed by atoms with van der Waals surface area (Å²) >= 11 is 6.20. The maximum atomic E-state index is 14.2. The van der Waals surface area contributed by atoms with Gasteiger partial charge < -0.3 is 35.2 Å². The topological polar surface area (TPSA) is 165 Å². The van der Waals surface area contributed by atoms with Gasteiger partial charge in [-0.25, -0.2) is 4.79 Å². The van der Waals surface area contributed by atoms with Gasteiger partial charge in [0, 0.05) is 37.1 Å². The summed E-state index contributed by atoms with van der Waals surface area (Å²) in [7, 11) is 1.35. The zero-order chi connectivity index (χ0) is 33.5.